The highest BCUT2D eigenvalue weighted by Crippen LogP contribution is 2.24. The molecule has 0 saturated carbocycles. The van der Waals surface area contributed by atoms with Crippen molar-refractivity contribution in [2.45, 2.75) is 13.8 Å². The Kier molecular flexibility index (Phi) is 1.61. The SMILES string of the molecule is Cc1ccc2cc(C)cc-2cc1. The maximum Gasteiger partial charge on any atom is -0.0181 e. The van der Waals surface area contributed by atoms with Gasteiger partial charge in [0.15, 0.2) is 0 Å². The third-order valence-corrected chi connectivity index (χ3v) is 2.15. The van der Waals surface area contributed by atoms with E-state index in [1.807, 2.05) is 0 Å². The number of hydrogen-bond acceptors (Lipinski definition) is 0. The van der Waals surface area contributed by atoms with E-state index in [4.69, 9.17) is 0 Å². The smallest absolute Gasteiger partial charge is 0.0181 e. The van der Waals surface area contributed by atoms with Crippen LogP contribution in [0.3, 0.4) is 0 Å². The number of hydrogen-bond donors (Lipinski definition) is 0. The van der Waals surface area contributed by atoms with Crippen molar-refractivity contribution in [1.29, 1.82) is 0 Å². The molecule has 0 heterocycles. The van der Waals surface area contributed by atoms with E-state index in [2.05, 4.69) is 50.2 Å². The minimum absolute atomic E-state index is 1.31. The van der Waals surface area contributed by atoms with Crippen molar-refractivity contribution in [3.63, 3.8) is 0 Å². The lowest BCUT2D eigenvalue weighted by molar-refractivity contribution is 1.51. The van der Waals surface area contributed by atoms with E-state index in [1.165, 1.54) is 22.3 Å². The summed E-state index contributed by atoms with van der Waals surface area (Å²) in [5.74, 6) is 0. The van der Waals surface area contributed by atoms with E-state index in [-0.39, 0.29) is 0 Å². The molecular weight excluding hydrogens is 144 g/mol. The summed E-state index contributed by atoms with van der Waals surface area (Å²) < 4.78 is 0. The lowest BCUT2D eigenvalue weighted by Gasteiger charge is -1.85. The fourth-order valence-electron chi connectivity index (χ4n) is 1.49. The molecule has 0 aliphatic heterocycles. The van der Waals surface area contributed by atoms with E-state index in [0.717, 1.165) is 0 Å². The first kappa shape index (κ1) is 7.35. The van der Waals surface area contributed by atoms with Crippen LogP contribution in [0.4, 0.5) is 0 Å². The fourth-order valence-corrected chi connectivity index (χ4v) is 1.49. The molecule has 12 heavy (non-hydrogen) atoms. The van der Waals surface area contributed by atoms with Gasteiger partial charge in [-0.15, -0.1) is 0 Å². The fraction of sp³-hybridized carbons (Fsp3) is 0.167. The zero-order valence-corrected chi connectivity index (χ0v) is 7.46. The van der Waals surface area contributed by atoms with E-state index in [9.17, 15) is 0 Å². The lowest BCUT2D eigenvalue weighted by Crippen LogP contribution is -1.59. The molecular formula is C12H12. The third kappa shape index (κ3) is 1.20. The Bertz CT molecular complexity index is 340. The van der Waals surface area contributed by atoms with E-state index >= 15 is 0 Å². The summed E-state index contributed by atoms with van der Waals surface area (Å²) >= 11 is 0. The van der Waals surface area contributed by atoms with Gasteiger partial charge in [0.05, 0.1) is 0 Å². The molecule has 0 saturated heterocycles. The van der Waals surface area contributed by atoms with Crippen molar-refractivity contribution in [3.05, 3.63) is 47.5 Å². The van der Waals surface area contributed by atoms with Gasteiger partial charge >= 0.3 is 0 Å². The summed E-state index contributed by atoms with van der Waals surface area (Å²) in [6, 6.07) is 13.1. The first-order valence-electron chi connectivity index (χ1n) is 4.23. The van der Waals surface area contributed by atoms with Crippen molar-refractivity contribution < 1.29 is 0 Å². The second kappa shape index (κ2) is 2.63. The van der Waals surface area contributed by atoms with Crippen LogP contribution in [0.2, 0.25) is 0 Å². The molecule has 0 aromatic heterocycles. The van der Waals surface area contributed by atoms with Gasteiger partial charge in [-0.1, -0.05) is 42.0 Å². The largest absolute Gasteiger partial charge is 0.0587 e. The Morgan fingerprint density at radius 1 is 0.667 bits per heavy atom. The molecule has 2 aliphatic carbocycles. The second-order valence-corrected chi connectivity index (χ2v) is 3.35. The van der Waals surface area contributed by atoms with E-state index < -0.39 is 0 Å². The lowest BCUT2D eigenvalue weighted by atomic mass is 10.2. The van der Waals surface area contributed by atoms with Crippen LogP contribution in [-0.4, -0.2) is 0 Å². The highest BCUT2D eigenvalue weighted by Gasteiger charge is 2.00. The Balaban J connectivity index is 2.70. The van der Waals surface area contributed by atoms with Gasteiger partial charge in [-0.05, 0) is 30.5 Å². The van der Waals surface area contributed by atoms with Gasteiger partial charge < -0.3 is 0 Å². The van der Waals surface area contributed by atoms with Gasteiger partial charge in [-0.3, -0.25) is 0 Å². The average Bonchev–Trinajstić information content (AvgIpc) is 2.31. The molecule has 0 bridgehead atoms. The van der Waals surface area contributed by atoms with Gasteiger partial charge in [0, 0.05) is 0 Å². The summed E-state index contributed by atoms with van der Waals surface area (Å²) in [4.78, 5) is 0. The van der Waals surface area contributed by atoms with Crippen LogP contribution in [0, 0.1) is 13.8 Å². The quantitative estimate of drug-likeness (QED) is 0.548. The summed E-state index contributed by atoms with van der Waals surface area (Å²) in [5, 5.41) is 0. The molecule has 0 N–H and O–H groups in total. The van der Waals surface area contributed by atoms with Gasteiger partial charge in [0.25, 0.3) is 0 Å². The van der Waals surface area contributed by atoms with Crippen molar-refractivity contribution in [1.82, 2.24) is 0 Å². The van der Waals surface area contributed by atoms with Crippen LogP contribution >= 0.6 is 0 Å². The summed E-state index contributed by atoms with van der Waals surface area (Å²) in [7, 11) is 0. The molecule has 0 fully saturated rings. The van der Waals surface area contributed by atoms with Crippen LogP contribution in [0.1, 0.15) is 11.1 Å². The summed E-state index contributed by atoms with van der Waals surface area (Å²) in [5.41, 5.74) is 5.32. The first-order chi connectivity index (χ1) is 5.75. The molecule has 0 heteroatoms. The Morgan fingerprint density at radius 3 is 1.67 bits per heavy atom. The second-order valence-electron chi connectivity index (χ2n) is 3.35. The standard InChI is InChI=1S/C12H12/c1-9-3-5-11-7-10(2)8-12(11)6-4-9/h3-8H,1-2H3. The zero-order chi connectivity index (χ0) is 8.55. The van der Waals surface area contributed by atoms with Crippen LogP contribution < -0.4 is 0 Å². The monoisotopic (exact) mass is 156 g/mol. The molecule has 0 nitrogen and oxygen atoms in total. The molecule has 0 aromatic carbocycles. The van der Waals surface area contributed by atoms with Gasteiger partial charge in [0.2, 0.25) is 0 Å². The first-order valence-corrected chi connectivity index (χ1v) is 4.23. The van der Waals surface area contributed by atoms with Crippen molar-refractivity contribution >= 4 is 0 Å². The molecule has 0 atom stereocenters. The molecule has 0 amide bonds. The highest BCUT2D eigenvalue weighted by atomic mass is 14.0. The average molecular weight is 156 g/mol. The normalized spacial score (nSPS) is 10.5. The number of aryl methyl sites for hydroxylation is 2. The number of fused-ring (bicyclic) bond motifs is 1. The summed E-state index contributed by atoms with van der Waals surface area (Å²) in [6.45, 7) is 4.25. The predicted molar refractivity (Wildman–Crippen MR) is 52.5 cm³/mol. The van der Waals surface area contributed by atoms with Crippen molar-refractivity contribution in [2.75, 3.05) is 0 Å². The van der Waals surface area contributed by atoms with Crippen molar-refractivity contribution in [3.8, 4) is 11.1 Å². The van der Waals surface area contributed by atoms with Gasteiger partial charge in [0.1, 0.15) is 0 Å². The Hall–Kier alpha value is -1.30. The van der Waals surface area contributed by atoms with Gasteiger partial charge in [-0.25, -0.2) is 0 Å². The maximum atomic E-state index is 2.22. The number of rotatable bonds is 0. The Labute approximate surface area is 73.2 Å². The molecule has 0 spiro atoms. The van der Waals surface area contributed by atoms with E-state index in [1.54, 1.807) is 0 Å². The molecule has 0 unspecified atom stereocenters. The van der Waals surface area contributed by atoms with Crippen LogP contribution in [0.25, 0.3) is 11.1 Å². The molecule has 0 aromatic rings. The molecule has 2 aliphatic rings. The maximum absolute atomic E-state index is 2.22. The van der Waals surface area contributed by atoms with Crippen molar-refractivity contribution in [2.24, 2.45) is 0 Å². The minimum Gasteiger partial charge on any atom is -0.0587 e. The minimum atomic E-state index is 1.31. The molecule has 0 radical (unpaired) electrons. The van der Waals surface area contributed by atoms with Crippen LogP contribution in [0.5, 0.6) is 0 Å². The third-order valence-electron chi connectivity index (χ3n) is 2.15. The molecule has 60 valence electrons. The predicted octanol–water partition coefficient (Wildman–Crippen LogP) is 3.41. The van der Waals surface area contributed by atoms with Crippen LogP contribution in [0.15, 0.2) is 36.4 Å². The van der Waals surface area contributed by atoms with Crippen LogP contribution in [-0.2, 0) is 0 Å². The highest BCUT2D eigenvalue weighted by molar-refractivity contribution is 5.68. The Morgan fingerprint density at radius 2 is 1.17 bits per heavy atom. The topological polar surface area (TPSA) is 0 Å². The van der Waals surface area contributed by atoms with Gasteiger partial charge in [-0.2, -0.15) is 0 Å². The molecule has 2 rings (SSSR count). The summed E-state index contributed by atoms with van der Waals surface area (Å²) in [6.07, 6.45) is 0. The van der Waals surface area contributed by atoms with E-state index in [0.29, 0.717) is 0 Å². The zero-order valence-electron chi connectivity index (χ0n) is 7.46.